The lowest BCUT2D eigenvalue weighted by Gasteiger charge is -2.12. The van der Waals surface area contributed by atoms with Crippen molar-refractivity contribution in [1.29, 1.82) is 0 Å². The van der Waals surface area contributed by atoms with Crippen molar-refractivity contribution in [3.63, 3.8) is 0 Å². The maximum atomic E-state index is 11.6. The van der Waals surface area contributed by atoms with E-state index < -0.39 is 0 Å². The van der Waals surface area contributed by atoms with Crippen molar-refractivity contribution in [1.82, 2.24) is 10.6 Å². The molecule has 0 saturated heterocycles. The summed E-state index contributed by atoms with van der Waals surface area (Å²) in [6, 6.07) is 0. The number of hydrogen-bond donors (Lipinski definition) is 2. The van der Waals surface area contributed by atoms with Gasteiger partial charge in [0, 0.05) is 19.0 Å². The maximum Gasteiger partial charge on any atom is 0.224 e. The molecule has 0 spiro atoms. The third kappa shape index (κ3) is 6.06. The van der Waals surface area contributed by atoms with Crippen molar-refractivity contribution in [3.05, 3.63) is 0 Å². The zero-order valence-electron chi connectivity index (χ0n) is 11.4. The Kier molecular flexibility index (Phi) is 7.25. The van der Waals surface area contributed by atoms with E-state index in [1.807, 2.05) is 14.0 Å². The van der Waals surface area contributed by atoms with Crippen LogP contribution >= 0.6 is 0 Å². The fraction of sp³-hybridized carbons (Fsp3) is 0.929. The lowest BCUT2D eigenvalue weighted by Crippen LogP contribution is -2.34. The predicted molar refractivity (Wildman–Crippen MR) is 71.9 cm³/mol. The van der Waals surface area contributed by atoms with E-state index in [0.29, 0.717) is 0 Å². The molecule has 0 aromatic heterocycles. The van der Waals surface area contributed by atoms with Gasteiger partial charge in [-0.05, 0) is 19.4 Å². The van der Waals surface area contributed by atoms with Crippen LogP contribution in [-0.2, 0) is 4.79 Å². The molecule has 0 aromatic rings. The summed E-state index contributed by atoms with van der Waals surface area (Å²) in [5.41, 5.74) is 0. The Balaban J connectivity index is 1.94. The second-order valence-corrected chi connectivity index (χ2v) is 5.40. The Hall–Kier alpha value is -0.570. The molecule has 0 heterocycles. The Bertz CT molecular complexity index is 212. The van der Waals surface area contributed by atoms with Gasteiger partial charge >= 0.3 is 0 Å². The minimum Gasteiger partial charge on any atom is -0.356 e. The van der Waals surface area contributed by atoms with Crippen LogP contribution in [-0.4, -0.2) is 26.0 Å². The molecule has 0 radical (unpaired) electrons. The summed E-state index contributed by atoms with van der Waals surface area (Å²) in [6.07, 6.45) is 9.50. The van der Waals surface area contributed by atoms with Gasteiger partial charge in [0.2, 0.25) is 5.91 Å². The number of amides is 1. The highest BCUT2D eigenvalue weighted by Gasteiger charge is 2.14. The molecule has 1 saturated carbocycles. The quantitative estimate of drug-likeness (QED) is 0.639. The third-order valence-corrected chi connectivity index (χ3v) is 3.77. The summed E-state index contributed by atoms with van der Waals surface area (Å²) >= 11 is 0. The minimum atomic E-state index is 0.0785. The van der Waals surface area contributed by atoms with Crippen LogP contribution in [0.15, 0.2) is 0 Å². The monoisotopic (exact) mass is 240 g/mol. The zero-order chi connectivity index (χ0) is 12.5. The standard InChI is InChI=1S/C14H28N2O/c1-12(11-15-2)14(17)16-10-6-5-9-13-7-3-4-8-13/h12-13,15H,3-11H2,1-2H3,(H,16,17). The minimum absolute atomic E-state index is 0.0785. The van der Waals surface area contributed by atoms with Gasteiger partial charge in [0.15, 0.2) is 0 Å². The highest BCUT2D eigenvalue weighted by atomic mass is 16.1. The maximum absolute atomic E-state index is 11.6. The normalized spacial score (nSPS) is 18.2. The number of unbranched alkanes of at least 4 members (excludes halogenated alkanes) is 1. The SMILES string of the molecule is CNCC(C)C(=O)NCCCCC1CCCC1. The first-order valence-electron chi connectivity index (χ1n) is 7.16. The number of nitrogens with one attached hydrogen (secondary N) is 2. The molecule has 3 heteroatoms. The molecule has 1 aliphatic rings. The molecule has 1 amide bonds. The number of carbonyl (C=O) groups is 1. The van der Waals surface area contributed by atoms with Crippen LogP contribution in [0.1, 0.15) is 51.9 Å². The molecule has 1 unspecified atom stereocenters. The Morgan fingerprint density at radius 2 is 2.00 bits per heavy atom. The zero-order valence-corrected chi connectivity index (χ0v) is 11.4. The van der Waals surface area contributed by atoms with Crippen LogP contribution < -0.4 is 10.6 Å². The number of rotatable bonds is 8. The van der Waals surface area contributed by atoms with E-state index in [1.165, 1.54) is 38.5 Å². The van der Waals surface area contributed by atoms with Gasteiger partial charge in [0.05, 0.1) is 0 Å². The summed E-state index contributed by atoms with van der Waals surface area (Å²) < 4.78 is 0. The topological polar surface area (TPSA) is 41.1 Å². The highest BCUT2D eigenvalue weighted by molar-refractivity contribution is 5.78. The molecule has 100 valence electrons. The highest BCUT2D eigenvalue weighted by Crippen LogP contribution is 2.28. The van der Waals surface area contributed by atoms with Crippen LogP contribution in [0.25, 0.3) is 0 Å². The fourth-order valence-electron chi connectivity index (χ4n) is 2.64. The summed E-state index contributed by atoms with van der Waals surface area (Å²) in [4.78, 5) is 11.6. The Morgan fingerprint density at radius 3 is 2.65 bits per heavy atom. The van der Waals surface area contributed by atoms with Crippen LogP contribution in [0, 0.1) is 11.8 Å². The Labute approximate surface area is 106 Å². The predicted octanol–water partition coefficient (Wildman–Crippen LogP) is 2.32. The summed E-state index contributed by atoms with van der Waals surface area (Å²) in [6.45, 7) is 3.57. The fourth-order valence-corrected chi connectivity index (χ4v) is 2.64. The van der Waals surface area contributed by atoms with Gasteiger partial charge in [-0.3, -0.25) is 4.79 Å². The van der Waals surface area contributed by atoms with E-state index in [1.54, 1.807) is 0 Å². The molecule has 0 aliphatic heterocycles. The third-order valence-electron chi connectivity index (χ3n) is 3.77. The molecule has 3 nitrogen and oxygen atoms in total. The first kappa shape index (κ1) is 14.5. The second kappa shape index (κ2) is 8.51. The van der Waals surface area contributed by atoms with Gasteiger partial charge in [-0.1, -0.05) is 45.4 Å². The van der Waals surface area contributed by atoms with E-state index in [4.69, 9.17) is 0 Å². The molecule has 1 atom stereocenters. The lowest BCUT2D eigenvalue weighted by molar-refractivity contribution is -0.124. The van der Waals surface area contributed by atoms with Gasteiger partial charge in [-0.15, -0.1) is 0 Å². The number of hydrogen-bond acceptors (Lipinski definition) is 2. The lowest BCUT2D eigenvalue weighted by atomic mass is 10.0. The van der Waals surface area contributed by atoms with Crippen molar-refractivity contribution in [2.24, 2.45) is 11.8 Å². The average molecular weight is 240 g/mol. The first-order valence-corrected chi connectivity index (χ1v) is 7.16. The van der Waals surface area contributed by atoms with Crippen molar-refractivity contribution in [2.45, 2.75) is 51.9 Å². The van der Waals surface area contributed by atoms with Crippen LogP contribution in [0.4, 0.5) is 0 Å². The summed E-state index contributed by atoms with van der Waals surface area (Å²) in [7, 11) is 1.88. The molecule has 1 aliphatic carbocycles. The molecule has 2 N–H and O–H groups in total. The van der Waals surface area contributed by atoms with Gasteiger partial charge in [-0.2, -0.15) is 0 Å². The Morgan fingerprint density at radius 1 is 1.29 bits per heavy atom. The molecule has 1 fully saturated rings. The summed E-state index contributed by atoms with van der Waals surface area (Å²) in [5, 5.41) is 6.04. The average Bonchev–Trinajstić information content (AvgIpc) is 2.81. The molecule has 1 rings (SSSR count). The van der Waals surface area contributed by atoms with Crippen molar-refractivity contribution < 1.29 is 4.79 Å². The van der Waals surface area contributed by atoms with E-state index in [0.717, 1.165) is 25.4 Å². The second-order valence-electron chi connectivity index (χ2n) is 5.40. The molecular weight excluding hydrogens is 212 g/mol. The van der Waals surface area contributed by atoms with Gasteiger partial charge < -0.3 is 10.6 Å². The molecule has 17 heavy (non-hydrogen) atoms. The van der Waals surface area contributed by atoms with Crippen LogP contribution in [0.5, 0.6) is 0 Å². The summed E-state index contributed by atoms with van der Waals surface area (Å²) in [5.74, 6) is 1.24. The smallest absolute Gasteiger partial charge is 0.224 e. The first-order chi connectivity index (χ1) is 8.24. The van der Waals surface area contributed by atoms with Crippen molar-refractivity contribution in [3.8, 4) is 0 Å². The molecular formula is C14H28N2O. The van der Waals surface area contributed by atoms with Crippen LogP contribution in [0.2, 0.25) is 0 Å². The van der Waals surface area contributed by atoms with Crippen LogP contribution in [0.3, 0.4) is 0 Å². The van der Waals surface area contributed by atoms with E-state index >= 15 is 0 Å². The van der Waals surface area contributed by atoms with Gasteiger partial charge in [-0.25, -0.2) is 0 Å². The van der Waals surface area contributed by atoms with Gasteiger partial charge in [0.25, 0.3) is 0 Å². The van der Waals surface area contributed by atoms with E-state index in [9.17, 15) is 4.79 Å². The van der Waals surface area contributed by atoms with E-state index in [2.05, 4.69) is 10.6 Å². The largest absolute Gasteiger partial charge is 0.356 e. The van der Waals surface area contributed by atoms with Gasteiger partial charge in [0.1, 0.15) is 0 Å². The van der Waals surface area contributed by atoms with Crippen molar-refractivity contribution >= 4 is 5.91 Å². The number of carbonyl (C=O) groups excluding carboxylic acids is 1. The van der Waals surface area contributed by atoms with Crippen molar-refractivity contribution in [2.75, 3.05) is 20.1 Å². The van der Waals surface area contributed by atoms with E-state index in [-0.39, 0.29) is 11.8 Å². The molecule has 0 aromatic carbocycles. The molecule has 0 bridgehead atoms.